The molecule has 1 heterocycles. The molecule has 24 heavy (non-hydrogen) atoms. The van der Waals surface area contributed by atoms with Crippen molar-refractivity contribution in [3.05, 3.63) is 84.2 Å². The lowest BCUT2D eigenvalue weighted by molar-refractivity contribution is 0.252. The third-order valence-electron chi connectivity index (χ3n) is 3.57. The number of nitrogens with zero attached hydrogens (tertiary/aromatic N) is 2. The molecule has 1 aromatic heterocycles. The molecule has 2 amide bonds. The zero-order chi connectivity index (χ0) is 16.8. The highest BCUT2D eigenvalue weighted by Crippen LogP contribution is 2.13. The fourth-order valence-corrected chi connectivity index (χ4v) is 2.34. The highest BCUT2D eigenvalue weighted by molar-refractivity contribution is 5.90. The Hall–Kier alpha value is -3.34. The minimum atomic E-state index is -0.377. The van der Waals surface area contributed by atoms with E-state index in [1.54, 1.807) is 6.21 Å². The van der Waals surface area contributed by atoms with Crippen molar-refractivity contribution < 1.29 is 4.79 Å². The van der Waals surface area contributed by atoms with E-state index in [2.05, 4.69) is 15.8 Å². The monoisotopic (exact) mass is 318 g/mol. The minimum absolute atomic E-state index is 0.377. The van der Waals surface area contributed by atoms with Gasteiger partial charge in [0.25, 0.3) is 0 Å². The number of amides is 2. The van der Waals surface area contributed by atoms with Gasteiger partial charge in [0.15, 0.2) is 0 Å². The van der Waals surface area contributed by atoms with E-state index in [0.717, 1.165) is 22.6 Å². The SMILES string of the molecule is Cc1ccccc1NC(=O)N/N=C/c1cccn1-c1ccccc1. The molecule has 0 bridgehead atoms. The molecule has 120 valence electrons. The van der Waals surface area contributed by atoms with Crippen LogP contribution < -0.4 is 10.7 Å². The summed E-state index contributed by atoms with van der Waals surface area (Å²) in [5.41, 5.74) is 6.15. The highest BCUT2D eigenvalue weighted by Gasteiger charge is 2.03. The van der Waals surface area contributed by atoms with E-state index < -0.39 is 0 Å². The van der Waals surface area contributed by atoms with E-state index >= 15 is 0 Å². The van der Waals surface area contributed by atoms with Crippen molar-refractivity contribution in [1.29, 1.82) is 0 Å². The summed E-state index contributed by atoms with van der Waals surface area (Å²) in [6, 6.07) is 21.0. The maximum Gasteiger partial charge on any atom is 0.339 e. The summed E-state index contributed by atoms with van der Waals surface area (Å²) in [6.07, 6.45) is 3.56. The van der Waals surface area contributed by atoms with Gasteiger partial charge >= 0.3 is 6.03 Å². The van der Waals surface area contributed by atoms with Gasteiger partial charge < -0.3 is 9.88 Å². The van der Waals surface area contributed by atoms with Crippen LogP contribution in [-0.2, 0) is 0 Å². The Kier molecular flexibility index (Phi) is 4.72. The van der Waals surface area contributed by atoms with Crippen molar-refractivity contribution in [3.63, 3.8) is 0 Å². The predicted molar refractivity (Wildman–Crippen MR) is 96.7 cm³/mol. The average molecular weight is 318 g/mol. The van der Waals surface area contributed by atoms with Gasteiger partial charge in [0.1, 0.15) is 0 Å². The Balaban J connectivity index is 1.64. The molecular formula is C19H18N4O. The molecule has 0 aliphatic carbocycles. The summed E-state index contributed by atoms with van der Waals surface area (Å²) < 4.78 is 1.99. The second-order valence-corrected chi connectivity index (χ2v) is 5.28. The molecule has 3 aromatic rings. The van der Waals surface area contributed by atoms with E-state index in [9.17, 15) is 4.79 Å². The number of hydrogen-bond donors (Lipinski definition) is 2. The van der Waals surface area contributed by atoms with E-state index in [1.807, 2.05) is 84.4 Å². The normalized spacial score (nSPS) is 10.7. The molecule has 0 saturated carbocycles. The van der Waals surface area contributed by atoms with Gasteiger partial charge in [-0.2, -0.15) is 5.10 Å². The van der Waals surface area contributed by atoms with Gasteiger partial charge in [-0.05, 0) is 42.8 Å². The van der Waals surface area contributed by atoms with Gasteiger partial charge in [-0.3, -0.25) is 0 Å². The van der Waals surface area contributed by atoms with Crippen molar-refractivity contribution in [1.82, 2.24) is 9.99 Å². The van der Waals surface area contributed by atoms with Gasteiger partial charge in [0.05, 0.1) is 11.9 Å². The van der Waals surface area contributed by atoms with Crippen LogP contribution in [-0.4, -0.2) is 16.8 Å². The quantitative estimate of drug-likeness (QED) is 0.555. The number of carbonyl (C=O) groups is 1. The summed E-state index contributed by atoms with van der Waals surface area (Å²) in [6.45, 7) is 1.94. The third kappa shape index (κ3) is 3.70. The lowest BCUT2D eigenvalue weighted by atomic mass is 10.2. The van der Waals surface area contributed by atoms with E-state index in [4.69, 9.17) is 0 Å². The number of aromatic nitrogens is 1. The topological polar surface area (TPSA) is 58.4 Å². The first-order valence-electron chi connectivity index (χ1n) is 7.62. The molecule has 0 radical (unpaired) electrons. The predicted octanol–water partition coefficient (Wildman–Crippen LogP) is 3.94. The van der Waals surface area contributed by atoms with Crippen LogP contribution in [0.15, 0.2) is 78.0 Å². The third-order valence-corrected chi connectivity index (χ3v) is 3.57. The molecule has 0 saturated heterocycles. The number of urea groups is 1. The summed E-state index contributed by atoms with van der Waals surface area (Å²) in [5, 5.41) is 6.78. The molecule has 0 aliphatic heterocycles. The Labute approximate surface area is 140 Å². The number of rotatable bonds is 4. The second-order valence-electron chi connectivity index (χ2n) is 5.28. The van der Waals surface area contributed by atoms with Crippen molar-refractivity contribution >= 4 is 17.9 Å². The van der Waals surface area contributed by atoms with Crippen molar-refractivity contribution in [2.75, 3.05) is 5.32 Å². The lowest BCUT2D eigenvalue weighted by Crippen LogP contribution is -2.24. The van der Waals surface area contributed by atoms with Crippen molar-refractivity contribution in [3.8, 4) is 5.69 Å². The first-order valence-corrected chi connectivity index (χ1v) is 7.62. The molecule has 0 unspecified atom stereocenters. The summed E-state index contributed by atoms with van der Waals surface area (Å²) in [4.78, 5) is 11.9. The number of benzene rings is 2. The minimum Gasteiger partial charge on any atom is -0.316 e. The number of anilines is 1. The van der Waals surface area contributed by atoms with Crippen LogP contribution in [0.1, 0.15) is 11.3 Å². The number of carbonyl (C=O) groups excluding carboxylic acids is 1. The molecule has 0 fully saturated rings. The average Bonchev–Trinajstić information content (AvgIpc) is 3.06. The van der Waals surface area contributed by atoms with Gasteiger partial charge in [-0.15, -0.1) is 0 Å². The Morgan fingerprint density at radius 3 is 2.54 bits per heavy atom. The van der Waals surface area contributed by atoms with Gasteiger partial charge in [0.2, 0.25) is 0 Å². The van der Waals surface area contributed by atoms with Crippen LogP contribution >= 0.6 is 0 Å². The van der Waals surface area contributed by atoms with Crippen molar-refractivity contribution in [2.45, 2.75) is 6.92 Å². The first-order chi connectivity index (χ1) is 11.7. The fraction of sp³-hybridized carbons (Fsp3) is 0.0526. The number of aryl methyl sites for hydroxylation is 1. The first kappa shape index (κ1) is 15.6. The molecule has 0 aliphatic rings. The van der Waals surface area contributed by atoms with Crippen LogP contribution in [0.4, 0.5) is 10.5 Å². The van der Waals surface area contributed by atoms with Crippen LogP contribution in [0.25, 0.3) is 5.69 Å². The van der Waals surface area contributed by atoms with Crippen LogP contribution in [0.5, 0.6) is 0 Å². The lowest BCUT2D eigenvalue weighted by Gasteiger charge is -2.07. The Morgan fingerprint density at radius 2 is 1.75 bits per heavy atom. The number of para-hydroxylation sites is 2. The number of hydrogen-bond acceptors (Lipinski definition) is 2. The van der Waals surface area contributed by atoms with E-state index in [1.165, 1.54) is 0 Å². The smallest absolute Gasteiger partial charge is 0.316 e. The molecule has 2 N–H and O–H groups in total. The molecular weight excluding hydrogens is 300 g/mol. The van der Waals surface area contributed by atoms with Crippen LogP contribution in [0.2, 0.25) is 0 Å². The number of nitrogens with one attached hydrogen (secondary N) is 2. The highest BCUT2D eigenvalue weighted by atomic mass is 16.2. The maximum atomic E-state index is 11.9. The van der Waals surface area contributed by atoms with Gasteiger partial charge in [-0.25, -0.2) is 10.2 Å². The van der Waals surface area contributed by atoms with E-state index in [-0.39, 0.29) is 6.03 Å². The Morgan fingerprint density at radius 1 is 1.00 bits per heavy atom. The van der Waals surface area contributed by atoms with Crippen molar-refractivity contribution in [2.24, 2.45) is 5.10 Å². The molecule has 5 heteroatoms. The zero-order valence-electron chi connectivity index (χ0n) is 13.3. The zero-order valence-corrected chi connectivity index (χ0v) is 13.3. The number of hydrazone groups is 1. The second kappa shape index (κ2) is 7.28. The molecule has 2 aromatic carbocycles. The summed E-state index contributed by atoms with van der Waals surface area (Å²) >= 11 is 0. The maximum absolute atomic E-state index is 11.9. The standard InChI is InChI=1S/C19H18N4O/c1-15-8-5-6-12-18(15)21-19(24)22-20-14-17-11-7-13-23(17)16-9-3-2-4-10-16/h2-14H,1H3,(H2,21,22,24)/b20-14+. The Bertz CT molecular complexity index is 853. The van der Waals surface area contributed by atoms with Gasteiger partial charge in [0, 0.05) is 17.6 Å². The molecule has 0 spiro atoms. The molecule has 3 rings (SSSR count). The molecule has 5 nitrogen and oxygen atoms in total. The summed E-state index contributed by atoms with van der Waals surface area (Å²) in [7, 11) is 0. The largest absolute Gasteiger partial charge is 0.339 e. The molecule has 0 atom stereocenters. The summed E-state index contributed by atoms with van der Waals surface area (Å²) in [5.74, 6) is 0. The van der Waals surface area contributed by atoms with E-state index in [0.29, 0.717) is 0 Å². The van der Waals surface area contributed by atoms with Gasteiger partial charge in [-0.1, -0.05) is 36.4 Å². The fourth-order valence-electron chi connectivity index (χ4n) is 2.34. The van der Waals surface area contributed by atoms with Crippen LogP contribution in [0, 0.1) is 6.92 Å². The van der Waals surface area contributed by atoms with Crippen LogP contribution in [0.3, 0.4) is 0 Å².